The van der Waals surface area contributed by atoms with Crippen LogP contribution >= 0.6 is 11.8 Å². The summed E-state index contributed by atoms with van der Waals surface area (Å²) in [6.45, 7) is 3.78. The molecule has 0 saturated carbocycles. The molecule has 0 saturated heterocycles. The lowest BCUT2D eigenvalue weighted by atomic mass is 10.0. The van der Waals surface area contributed by atoms with Crippen LogP contribution in [0.15, 0.2) is 89.8 Å². The van der Waals surface area contributed by atoms with E-state index in [0.717, 1.165) is 10.5 Å². The molecule has 0 bridgehead atoms. The highest BCUT2D eigenvalue weighted by Crippen LogP contribution is 2.21. The van der Waals surface area contributed by atoms with Crippen LogP contribution < -0.4 is 5.32 Å². The maximum absolute atomic E-state index is 14.5. The van der Waals surface area contributed by atoms with E-state index in [0.29, 0.717) is 12.0 Å². The molecule has 0 aliphatic heterocycles. The molecule has 4 nitrogen and oxygen atoms in total. The van der Waals surface area contributed by atoms with Gasteiger partial charge in [0.15, 0.2) is 0 Å². The van der Waals surface area contributed by atoms with Crippen molar-refractivity contribution in [2.75, 3.05) is 5.75 Å². The number of thioether (sulfide) groups is 1. The third-order valence-corrected chi connectivity index (χ3v) is 6.10. The van der Waals surface area contributed by atoms with Crippen LogP contribution in [0.1, 0.15) is 25.0 Å². The Morgan fingerprint density at radius 3 is 2.15 bits per heavy atom. The Balaban J connectivity index is 1.91. The highest BCUT2D eigenvalue weighted by Gasteiger charge is 2.31. The molecule has 0 aliphatic rings. The van der Waals surface area contributed by atoms with Crippen molar-refractivity contribution in [3.05, 3.63) is 102 Å². The predicted molar refractivity (Wildman–Crippen MR) is 131 cm³/mol. The second-order valence-electron chi connectivity index (χ2n) is 8.08. The van der Waals surface area contributed by atoms with Crippen LogP contribution in [-0.4, -0.2) is 34.6 Å². The van der Waals surface area contributed by atoms with Crippen molar-refractivity contribution in [2.24, 2.45) is 0 Å². The minimum Gasteiger partial charge on any atom is -0.352 e. The predicted octanol–water partition coefficient (Wildman–Crippen LogP) is 5.08. The average molecular weight is 465 g/mol. The normalized spacial score (nSPS) is 11.8. The highest BCUT2D eigenvalue weighted by atomic mass is 32.2. The number of carbonyl (C=O) groups is 2. The molecule has 3 rings (SSSR count). The van der Waals surface area contributed by atoms with Crippen LogP contribution in [-0.2, 0) is 22.6 Å². The molecule has 0 aromatic heterocycles. The van der Waals surface area contributed by atoms with Crippen LogP contribution in [0.25, 0.3) is 0 Å². The summed E-state index contributed by atoms with van der Waals surface area (Å²) in [6, 6.07) is 24.7. The van der Waals surface area contributed by atoms with Crippen LogP contribution in [0.4, 0.5) is 4.39 Å². The van der Waals surface area contributed by atoms with Gasteiger partial charge in [0.2, 0.25) is 11.8 Å². The Kier molecular flexibility index (Phi) is 9.07. The SMILES string of the molecule is CC(C)NC(=O)[C@@H](Cc1ccccc1)N(Cc1ccccc1F)C(=O)CSc1ccccc1. The number of rotatable bonds is 10. The summed E-state index contributed by atoms with van der Waals surface area (Å²) in [7, 11) is 0. The van der Waals surface area contributed by atoms with E-state index in [1.165, 1.54) is 22.7 Å². The number of benzene rings is 3. The lowest BCUT2D eigenvalue weighted by Gasteiger charge is -2.32. The standard InChI is InChI=1S/C27H29FN2O2S/c1-20(2)29-27(32)25(17-21-11-5-3-6-12-21)30(18-22-13-9-10-16-24(22)28)26(31)19-33-23-14-7-4-8-15-23/h3-16,20,25H,17-19H2,1-2H3,(H,29,32)/t25-/m1/s1. The Morgan fingerprint density at radius 1 is 0.909 bits per heavy atom. The van der Waals surface area contributed by atoms with Gasteiger partial charge < -0.3 is 10.2 Å². The fourth-order valence-corrected chi connectivity index (χ4v) is 4.30. The largest absolute Gasteiger partial charge is 0.352 e. The summed E-state index contributed by atoms with van der Waals surface area (Å²) in [5.41, 5.74) is 1.31. The maximum Gasteiger partial charge on any atom is 0.243 e. The monoisotopic (exact) mass is 464 g/mol. The summed E-state index contributed by atoms with van der Waals surface area (Å²) in [5, 5.41) is 2.94. The zero-order valence-electron chi connectivity index (χ0n) is 18.9. The molecule has 0 aliphatic carbocycles. The molecule has 33 heavy (non-hydrogen) atoms. The van der Waals surface area contributed by atoms with E-state index < -0.39 is 11.9 Å². The van der Waals surface area contributed by atoms with Gasteiger partial charge >= 0.3 is 0 Å². The molecule has 0 heterocycles. The van der Waals surface area contributed by atoms with E-state index >= 15 is 0 Å². The Bertz CT molecular complexity index is 1040. The van der Waals surface area contributed by atoms with Crippen LogP contribution in [0.2, 0.25) is 0 Å². The highest BCUT2D eigenvalue weighted by molar-refractivity contribution is 8.00. The van der Waals surface area contributed by atoms with E-state index in [4.69, 9.17) is 0 Å². The fraction of sp³-hybridized carbons (Fsp3) is 0.259. The molecule has 0 fully saturated rings. The molecule has 0 spiro atoms. The Hall–Kier alpha value is -3.12. The summed E-state index contributed by atoms with van der Waals surface area (Å²) >= 11 is 1.40. The molecule has 2 amide bonds. The number of halogens is 1. The molecule has 0 unspecified atom stereocenters. The van der Waals surface area contributed by atoms with E-state index in [-0.39, 0.29) is 30.2 Å². The van der Waals surface area contributed by atoms with Crippen molar-refractivity contribution < 1.29 is 14.0 Å². The average Bonchev–Trinajstić information content (AvgIpc) is 2.81. The minimum absolute atomic E-state index is 0.0177. The number of hydrogen-bond donors (Lipinski definition) is 1. The zero-order chi connectivity index (χ0) is 23.6. The first-order chi connectivity index (χ1) is 15.9. The van der Waals surface area contributed by atoms with Crippen molar-refractivity contribution in [1.29, 1.82) is 0 Å². The Morgan fingerprint density at radius 2 is 1.52 bits per heavy atom. The molecule has 0 radical (unpaired) electrons. The maximum atomic E-state index is 14.5. The lowest BCUT2D eigenvalue weighted by Crippen LogP contribution is -2.52. The molecule has 6 heteroatoms. The number of hydrogen-bond acceptors (Lipinski definition) is 3. The minimum atomic E-state index is -0.765. The number of nitrogens with zero attached hydrogens (tertiary/aromatic N) is 1. The van der Waals surface area contributed by atoms with E-state index in [9.17, 15) is 14.0 Å². The lowest BCUT2D eigenvalue weighted by molar-refractivity contribution is -0.139. The van der Waals surface area contributed by atoms with E-state index in [1.54, 1.807) is 18.2 Å². The van der Waals surface area contributed by atoms with Crippen molar-refractivity contribution in [3.8, 4) is 0 Å². The first-order valence-electron chi connectivity index (χ1n) is 11.0. The number of carbonyl (C=O) groups excluding carboxylic acids is 2. The third-order valence-electron chi connectivity index (χ3n) is 5.11. The molecule has 3 aromatic carbocycles. The van der Waals surface area contributed by atoms with Crippen LogP contribution in [0.5, 0.6) is 0 Å². The Labute approximate surface area is 199 Å². The summed E-state index contributed by atoms with van der Waals surface area (Å²) < 4.78 is 14.5. The first kappa shape index (κ1) is 24.5. The summed E-state index contributed by atoms with van der Waals surface area (Å²) in [5.74, 6) is -0.706. The molecule has 1 N–H and O–H groups in total. The topological polar surface area (TPSA) is 49.4 Å². The summed E-state index contributed by atoms with van der Waals surface area (Å²) in [6.07, 6.45) is 0.343. The van der Waals surface area contributed by atoms with Crippen LogP contribution in [0, 0.1) is 5.82 Å². The van der Waals surface area contributed by atoms with Gasteiger partial charge in [0, 0.05) is 29.5 Å². The molecular formula is C27H29FN2O2S. The number of nitrogens with one attached hydrogen (secondary N) is 1. The molecule has 3 aromatic rings. The zero-order valence-corrected chi connectivity index (χ0v) is 19.7. The molecular weight excluding hydrogens is 435 g/mol. The second-order valence-corrected chi connectivity index (χ2v) is 9.13. The van der Waals surface area contributed by atoms with Gasteiger partial charge in [0.25, 0.3) is 0 Å². The first-order valence-corrected chi connectivity index (χ1v) is 12.0. The van der Waals surface area contributed by atoms with Gasteiger partial charge in [-0.1, -0.05) is 66.7 Å². The van der Waals surface area contributed by atoms with E-state index in [2.05, 4.69) is 5.32 Å². The number of amides is 2. The van der Waals surface area contributed by atoms with Gasteiger partial charge in [-0.25, -0.2) is 4.39 Å². The smallest absolute Gasteiger partial charge is 0.243 e. The molecule has 172 valence electrons. The van der Waals surface area contributed by atoms with Gasteiger partial charge in [-0.05, 0) is 37.6 Å². The van der Waals surface area contributed by atoms with Gasteiger partial charge in [-0.15, -0.1) is 11.8 Å². The van der Waals surface area contributed by atoms with Gasteiger partial charge in [-0.2, -0.15) is 0 Å². The summed E-state index contributed by atoms with van der Waals surface area (Å²) in [4.78, 5) is 29.2. The third kappa shape index (κ3) is 7.46. The van der Waals surface area contributed by atoms with Gasteiger partial charge in [0.1, 0.15) is 11.9 Å². The second kappa shape index (κ2) is 12.2. The quantitative estimate of drug-likeness (QED) is 0.426. The van der Waals surface area contributed by atoms with E-state index in [1.807, 2.05) is 74.5 Å². The van der Waals surface area contributed by atoms with Crippen molar-refractivity contribution in [1.82, 2.24) is 10.2 Å². The van der Waals surface area contributed by atoms with Gasteiger partial charge in [-0.3, -0.25) is 9.59 Å². The van der Waals surface area contributed by atoms with Crippen molar-refractivity contribution in [2.45, 2.75) is 43.8 Å². The van der Waals surface area contributed by atoms with Crippen molar-refractivity contribution in [3.63, 3.8) is 0 Å². The molecule has 1 atom stereocenters. The fourth-order valence-electron chi connectivity index (χ4n) is 3.49. The van der Waals surface area contributed by atoms with Crippen LogP contribution in [0.3, 0.4) is 0 Å². The van der Waals surface area contributed by atoms with Crippen molar-refractivity contribution >= 4 is 23.6 Å². The van der Waals surface area contributed by atoms with Gasteiger partial charge in [0.05, 0.1) is 5.75 Å².